The van der Waals surface area contributed by atoms with Crippen molar-refractivity contribution in [3.63, 3.8) is 0 Å². The molecule has 0 aromatic carbocycles. The van der Waals surface area contributed by atoms with Crippen LogP contribution in [0, 0.1) is 11.8 Å². The van der Waals surface area contributed by atoms with Gasteiger partial charge in [-0.1, -0.05) is 0 Å². The van der Waals surface area contributed by atoms with E-state index in [1.165, 1.54) is 0 Å². The molecule has 3 atom stereocenters. The van der Waals surface area contributed by atoms with Crippen LogP contribution in [0.4, 0.5) is 4.79 Å². The van der Waals surface area contributed by atoms with Crippen molar-refractivity contribution >= 4 is 12.1 Å². The molecular weight excluding hydrogens is 222 g/mol. The summed E-state index contributed by atoms with van der Waals surface area (Å²) in [4.78, 5) is 24.6. The van der Waals surface area contributed by atoms with Gasteiger partial charge in [0.1, 0.15) is 5.60 Å². The molecule has 96 valence electrons. The molecule has 0 aromatic heterocycles. The number of piperidine rings is 1. The van der Waals surface area contributed by atoms with E-state index in [4.69, 9.17) is 9.84 Å². The first kappa shape index (κ1) is 12.2. The van der Waals surface area contributed by atoms with Gasteiger partial charge in [0.2, 0.25) is 0 Å². The summed E-state index contributed by atoms with van der Waals surface area (Å²) in [6.07, 6.45) is 1.12. The second-order valence-electron chi connectivity index (χ2n) is 5.98. The molecular formula is C12H19NO4. The standard InChI is InChI=1S/C12H19NO4/c1-12(2,3)17-11(16)13-6-7-4-8(10(14)15)9(13)5-7/h7-9H,4-6H2,1-3H3,(H,14,15)/t7-,8-,9-/m0/s1. The zero-order valence-electron chi connectivity index (χ0n) is 10.5. The summed E-state index contributed by atoms with van der Waals surface area (Å²) in [5.74, 6) is -0.888. The third kappa shape index (κ3) is 2.37. The molecule has 1 aliphatic carbocycles. The first-order valence-electron chi connectivity index (χ1n) is 6.00. The predicted octanol–water partition coefficient (Wildman–Crippen LogP) is 1.72. The Balaban J connectivity index is 2.04. The predicted molar refractivity (Wildman–Crippen MR) is 60.6 cm³/mol. The molecule has 2 bridgehead atoms. The molecule has 1 aliphatic heterocycles. The number of ether oxygens (including phenoxy) is 1. The summed E-state index contributed by atoms with van der Waals surface area (Å²) in [6.45, 7) is 6.08. The van der Waals surface area contributed by atoms with E-state index in [0.717, 1.165) is 6.42 Å². The molecule has 1 N–H and O–H groups in total. The number of carboxylic acids is 1. The Morgan fingerprint density at radius 2 is 1.94 bits per heavy atom. The number of rotatable bonds is 1. The van der Waals surface area contributed by atoms with Gasteiger partial charge < -0.3 is 14.7 Å². The molecule has 5 nitrogen and oxygen atoms in total. The average molecular weight is 241 g/mol. The fourth-order valence-electron chi connectivity index (χ4n) is 2.82. The highest BCUT2D eigenvalue weighted by molar-refractivity contribution is 5.75. The summed E-state index contributed by atoms with van der Waals surface area (Å²) < 4.78 is 5.30. The Morgan fingerprint density at radius 1 is 1.29 bits per heavy atom. The Morgan fingerprint density at radius 3 is 2.41 bits per heavy atom. The van der Waals surface area contributed by atoms with Gasteiger partial charge in [0.15, 0.2) is 0 Å². The fourth-order valence-corrected chi connectivity index (χ4v) is 2.82. The van der Waals surface area contributed by atoms with Gasteiger partial charge in [-0.05, 0) is 39.5 Å². The number of nitrogens with zero attached hydrogens (tertiary/aromatic N) is 1. The molecule has 0 unspecified atom stereocenters. The van der Waals surface area contributed by atoms with Crippen molar-refractivity contribution in [3.05, 3.63) is 0 Å². The molecule has 1 saturated carbocycles. The molecule has 0 radical (unpaired) electrons. The zero-order valence-corrected chi connectivity index (χ0v) is 10.5. The molecule has 17 heavy (non-hydrogen) atoms. The molecule has 1 amide bonds. The van der Waals surface area contributed by atoms with Crippen LogP contribution in [0.25, 0.3) is 0 Å². The lowest BCUT2D eigenvalue weighted by Gasteiger charge is -2.32. The summed E-state index contributed by atoms with van der Waals surface area (Å²) in [5, 5.41) is 9.09. The fraction of sp³-hybridized carbons (Fsp3) is 0.833. The molecule has 0 aromatic rings. The molecule has 2 rings (SSSR count). The number of hydrogen-bond acceptors (Lipinski definition) is 3. The van der Waals surface area contributed by atoms with Crippen molar-refractivity contribution in [2.75, 3.05) is 6.54 Å². The lowest BCUT2D eigenvalue weighted by atomic mass is 9.99. The average Bonchev–Trinajstić information content (AvgIpc) is 2.72. The minimum atomic E-state index is -0.800. The second-order valence-corrected chi connectivity index (χ2v) is 5.98. The van der Waals surface area contributed by atoms with Gasteiger partial charge >= 0.3 is 12.1 Å². The van der Waals surface area contributed by atoms with Gasteiger partial charge in [-0.15, -0.1) is 0 Å². The second kappa shape index (κ2) is 3.89. The number of fused-ring (bicyclic) bond motifs is 2. The Kier molecular flexibility index (Phi) is 2.79. The first-order valence-corrected chi connectivity index (χ1v) is 6.00. The number of carbonyl (C=O) groups excluding carboxylic acids is 1. The maximum atomic E-state index is 11.9. The van der Waals surface area contributed by atoms with Crippen LogP contribution >= 0.6 is 0 Å². The van der Waals surface area contributed by atoms with Crippen molar-refractivity contribution in [1.29, 1.82) is 0 Å². The lowest BCUT2D eigenvalue weighted by molar-refractivity contribution is -0.143. The molecule has 5 heteroatoms. The van der Waals surface area contributed by atoms with Crippen molar-refractivity contribution in [3.8, 4) is 0 Å². The SMILES string of the molecule is CC(C)(C)OC(=O)N1C[C@H]2C[C@H](C(=O)O)[C@@H]1C2. The molecule has 2 aliphatic rings. The number of carboxylic acid groups (broad SMARTS) is 1. The summed E-state index contributed by atoms with van der Waals surface area (Å²) >= 11 is 0. The van der Waals surface area contributed by atoms with Gasteiger partial charge in [0.05, 0.1) is 5.92 Å². The van der Waals surface area contributed by atoms with Gasteiger partial charge in [0.25, 0.3) is 0 Å². The third-order valence-corrected chi connectivity index (χ3v) is 3.43. The number of aliphatic carboxylic acids is 1. The topological polar surface area (TPSA) is 66.8 Å². The van der Waals surface area contributed by atoms with Crippen LogP contribution in [-0.4, -0.2) is 40.3 Å². The van der Waals surface area contributed by atoms with E-state index in [9.17, 15) is 9.59 Å². The molecule has 1 heterocycles. The maximum Gasteiger partial charge on any atom is 0.410 e. The highest BCUT2D eigenvalue weighted by Gasteiger charge is 2.50. The summed E-state index contributed by atoms with van der Waals surface area (Å²) in [7, 11) is 0. The van der Waals surface area contributed by atoms with Crippen LogP contribution in [0.3, 0.4) is 0 Å². The van der Waals surface area contributed by atoms with E-state index in [1.807, 2.05) is 20.8 Å². The van der Waals surface area contributed by atoms with Gasteiger partial charge in [-0.3, -0.25) is 4.79 Å². The number of carbonyl (C=O) groups is 2. The molecule has 2 fully saturated rings. The smallest absolute Gasteiger partial charge is 0.410 e. The van der Waals surface area contributed by atoms with Crippen LogP contribution in [0.5, 0.6) is 0 Å². The minimum Gasteiger partial charge on any atom is -0.481 e. The zero-order chi connectivity index (χ0) is 12.8. The largest absolute Gasteiger partial charge is 0.481 e. The Labute approximate surface area is 101 Å². The van der Waals surface area contributed by atoms with E-state index in [2.05, 4.69) is 0 Å². The van der Waals surface area contributed by atoms with Crippen molar-refractivity contribution in [2.45, 2.75) is 45.3 Å². The van der Waals surface area contributed by atoms with E-state index in [1.54, 1.807) is 4.90 Å². The van der Waals surface area contributed by atoms with Gasteiger partial charge in [-0.2, -0.15) is 0 Å². The van der Waals surface area contributed by atoms with Crippen LogP contribution in [-0.2, 0) is 9.53 Å². The van der Waals surface area contributed by atoms with Gasteiger partial charge in [-0.25, -0.2) is 4.79 Å². The Bertz CT molecular complexity index is 347. The normalized spacial score (nSPS) is 31.7. The highest BCUT2D eigenvalue weighted by atomic mass is 16.6. The van der Waals surface area contributed by atoms with E-state index in [-0.39, 0.29) is 12.1 Å². The quantitative estimate of drug-likeness (QED) is 0.759. The van der Waals surface area contributed by atoms with E-state index < -0.39 is 17.5 Å². The van der Waals surface area contributed by atoms with E-state index >= 15 is 0 Å². The maximum absolute atomic E-state index is 11.9. The minimum absolute atomic E-state index is 0.174. The number of likely N-dealkylation sites (tertiary alicyclic amines) is 1. The van der Waals surface area contributed by atoms with Crippen LogP contribution < -0.4 is 0 Å². The van der Waals surface area contributed by atoms with Crippen LogP contribution in [0.15, 0.2) is 0 Å². The van der Waals surface area contributed by atoms with Crippen LogP contribution in [0.2, 0.25) is 0 Å². The van der Waals surface area contributed by atoms with Crippen molar-refractivity contribution < 1.29 is 19.4 Å². The van der Waals surface area contributed by atoms with Crippen molar-refractivity contribution in [2.24, 2.45) is 11.8 Å². The number of hydrogen-bond donors (Lipinski definition) is 1. The van der Waals surface area contributed by atoms with Crippen molar-refractivity contribution in [1.82, 2.24) is 4.90 Å². The monoisotopic (exact) mass is 241 g/mol. The third-order valence-electron chi connectivity index (χ3n) is 3.43. The van der Waals surface area contributed by atoms with Gasteiger partial charge in [0, 0.05) is 12.6 Å². The van der Waals surface area contributed by atoms with E-state index in [0.29, 0.717) is 18.9 Å². The number of amides is 1. The summed E-state index contributed by atoms with van der Waals surface area (Å²) in [6, 6.07) is -0.174. The highest BCUT2D eigenvalue weighted by Crippen LogP contribution is 2.42. The molecule has 0 spiro atoms. The lowest BCUT2D eigenvalue weighted by Crippen LogP contribution is -2.46. The first-order chi connectivity index (χ1) is 7.78. The van der Waals surface area contributed by atoms with Crippen LogP contribution in [0.1, 0.15) is 33.6 Å². The molecule has 1 saturated heterocycles. The Hall–Kier alpha value is -1.26. The summed E-state index contributed by atoms with van der Waals surface area (Å²) in [5.41, 5.74) is -0.530.